The zero-order valence-corrected chi connectivity index (χ0v) is 20.0. The van der Waals surface area contributed by atoms with Crippen molar-refractivity contribution in [3.63, 3.8) is 0 Å². The van der Waals surface area contributed by atoms with Crippen molar-refractivity contribution in [1.82, 2.24) is 15.1 Å². The van der Waals surface area contributed by atoms with Gasteiger partial charge in [-0.1, -0.05) is 61.2 Å². The standard InChI is InChI=1S/C30H26N4O2/c1-3-16-36-27-14-15-28(22(2)17-27)29-25(21-34(33-29)26-12-8-5-9-13-26)18-24(19-31)30(35)32-20-23-10-6-4-7-11-23/h3-15,17-18,21H,1,16,20H2,2H3,(H,32,35)/b24-18-. The van der Waals surface area contributed by atoms with Gasteiger partial charge < -0.3 is 10.1 Å². The Morgan fingerprint density at radius 2 is 1.83 bits per heavy atom. The summed E-state index contributed by atoms with van der Waals surface area (Å²) in [4.78, 5) is 12.8. The highest BCUT2D eigenvalue weighted by molar-refractivity contribution is 6.02. The van der Waals surface area contributed by atoms with Crippen LogP contribution in [-0.2, 0) is 11.3 Å². The second-order valence-corrected chi connectivity index (χ2v) is 8.13. The molecule has 0 aliphatic rings. The number of hydrogen-bond donors (Lipinski definition) is 1. The van der Waals surface area contributed by atoms with Crippen molar-refractivity contribution in [3.8, 4) is 28.8 Å². The van der Waals surface area contributed by atoms with Gasteiger partial charge >= 0.3 is 0 Å². The molecular formula is C30H26N4O2. The predicted molar refractivity (Wildman–Crippen MR) is 141 cm³/mol. The number of nitrogens with one attached hydrogen (secondary N) is 1. The third kappa shape index (κ3) is 5.78. The number of hydrogen-bond acceptors (Lipinski definition) is 4. The van der Waals surface area contributed by atoms with Gasteiger partial charge in [-0.15, -0.1) is 0 Å². The summed E-state index contributed by atoms with van der Waals surface area (Å²) in [5.74, 6) is 0.290. The van der Waals surface area contributed by atoms with Gasteiger partial charge in [-0.05, 0) is 54.5 Å². The molecule has 0 saturated carbocycles. The lowest BCUT2D eigenvalue weighted by atomic mass is 10.0. The number of para-hydroxylation sites is 1. The maximum Gasteiger partial charge on any atom is 0.262 e. The van der Waals surface area contributed by atoms with Gasteiger partial charge in [0.15, 0.2) is 0 Å². The van der Waals surface area contributed by atoms with Crippen LogP contribution in [0.1, 0.15) is 16.7 Å². The summed E-state index contributed by atoms with van der Waals surface area (Å²) in [5, 5.41) is 17.4. The van der Waals surface area contributed by atoms with Gasteiger partial charge in [-0.3, -0.25) is 4.79 Å². The Balaban J connectivity index is 1.71. The zero-order valence-electron chi connectivity index (χ0n) is 20.0. The maximum absolute atomic E-state index is 12.8. The van der Waals surface area contributed by atoms with Crippen LogP contribution < -0.4 is 10.1 Å². The monoisotopic (exact) mass is 474 g/mol. The summed E-state index contributed by atoms with van der Waals surface area (Å²) in [6.07, 6.45) is 5.11. The van der Waals surface area contributed by atoms with E-state index in [0.717, 1.165) is 28.1 Å². The summed E-state index contributed by atoms with van der Waals surface area (Å²) in [5.41, 5.74) is 4.98. The summed E-state index contributed by atoms with van der Waals surface area (Å²) in [7, 11) is 0. The molecule has 0 aliphatic carbocycles. The molecule has 0 unspecified atom stereocenters. The molecule has 4 aromatic rings. The predicted octanol–water partition coefficient (Wildman–Crippen LogP) is 5.64. The van der Waals surface area contributed by atoms with Crippen molar-refractivity contribution in [2.24, 2.45) is 0 Å². The van der Waals surface area contributed by atoms with Crippen LogP contribution in [0.5, 0.6) is 5.75 Å². The minimum absolute atomic E-state index is 0.00313. The second kappa shape index (κ2) is 11.5. The lowest BCUT2D eigenvalue weighted by molar-refractivity contribution is -0.117. The number of carbonyl (C=O) groups is 1. The van der Waals surface area contributed by atoms with Crippen LogP contribution >= 0.6 is 0 Å². The fraction of sp³-hybridized carbons (Fsp3) is 0.100. The lowest BCUT2D eigenvalue weighted by Crippen LogP contribution is -2.23. The van der Waals surface area contributed by atoms with E-state index in [0.29, 0.717) is 24.4 Å². The highest BCUT2D eigenvalue weighted by atomic mass is 16.5. The molecule has 0 fully saturated rings. The number of benzene rings is 3. The van der Waals surface area contributed by atoms with Gasteiger partial charge in [0.2, 0.25) is 0 Å². The number of carbonyl (C=O) groups excluding carboxylic acids is 1. The largest absolute Gasteiger partial charge is 0.490 e. The van der Waals surface area contributed by atoms with E-state index in [4.69, 9.17) is 9.84 Å². The summed E-state index contributed by atoms with van der Waals surface area (Å²) < 4.78 is 7.41. The Bertz CT molecular complexity index is 1430. The first-order valence-corrected chi connectivity index (χ1v) is 11.5. The SMILES string of the molecule is C=CCOc1ccc(-c2nn(-c3ccccc3)cc2/C=C(/C#N)C(=O)NCc2ccccc2)c(C)c1. The van der Waals surface area contributed by atoms with Gasteiger partial charge in [0.1, 0.15) is 29.7 Å². The Kier molecular flexibility index (Phi) is 7.74. The smallest absolute Gasteiger partial charge is 0.262 e. The second-order valence-electron chi connectivity index (χ2n) is 8.13. The van der Waals surface area contributed by atoms with E-state index in [1.54, 1.807) is 16.8 Å². The van der Waals surface area contributed by atoms with E-state index in [1.807, 2.05) is 98.1 Å². The van der Waals surface area contributed by atoms with E-state index >= 15 is 0 Å². The number of aryl methyl sites for hydroxylation is 1. The molecule has 0 radical (unpaired) electrons. The van der Waals surface area contributed by atoms with Crippen LogP contribution in [0.4, 0.5) is 0 Å². The maximum atomic E-state index is 12.8. The van der Waals surface area contributed by atoms with Crippen LogP contribution in [0.3, 0.4) is 0 Å². The van der Waals surface area contributed by atoms with E-state index in [1.165, 1.54) is 0 Å². The highest BCUT2D eigenvalue weighted by Crippen LogP contribution is 2.30. The van der Waals surface area contributed by atoms with Gasteiger partial charge in [0.25, 0.3) is 5.91 Å². The molecular weight excluding hydrogens is 448 g/mol. The van der Waals surface area contributed by atoms with Crippen molar-refractivity contribution in [2.45, 2.75) is 13.5 Å². The molecule has 36 heavy (non-hydrogen) atoms. The first kappa shape index (κ1) is 24.2. The molecule has 0 atom stereocenters. The topological polar surface area (TPSA) is 79.9 Å². The van der Waals surface area contributed by atoms with Gasteiger partial charge in [0.05, 0.1) is 5.69 Å². The minimum atomic E-state index is -0.440. The van der Waals surface area contributed by atoms with Crippen molar-refractivity contribution in [2.75, 3.05) is 6.61 Å². The van der Waals surface area contributed by atoms with Crippen LogP contribution in [0.2, 0.25) is 0 Å². The number of amides is 1. The molecule has 3 aromatic carbocycles. The van der Waals surface area contributed by atoms with Gasteiger partial charge in [-0.25, -0.2) is 4.68 Å². The molecule has 6 heteroatoms. The van der Waals surface area contributed by atoms with Crippen LogP contribution in [0.25, 0.3) is 23.0 Å². The number of rotatable bonds is 9. The lowest BCUT2D eigenvalue weighted by Gasteiger charge is -2.09. The summed E-state index contributed by atoms with van der Waals surface area (Å²) >= 11 is 0. The van der Waals surface area contributed by atoms with Crippen LogP contribution in [-0.4, -0.2) is 22.3 Å². The van der Waals surface area contributed by atoms with Gasteiger partial charge in [0, 0.05) is 23.9 Å². The average Bonchev–Trinajstić information content (AvgIpc) is 3.33. The molecule has 4 rings (SSSR count). The van der Waals surface area contributed by atoms with Gasteiger partial charge in [-0.2, -0.15) is 10.4 Å². The number of nitriles is 1. The normalized spacial score (nSPS) is 10.9. The molecule has 1 heterocycles. The van der Waals surface area contributed by atoms with Crippen molar-refractivity contribution < 1.29 is 9.53 Å². The first-order valence-electron chi connectivity index (χ1n) is 11.5. The number of aromatic nitrogens is 2. The van der Waals surface area contributed by atoms with Crippen LogP contribution in [0, 0.1) is 18.3 Å². The zero-order chi connectivity index (χ0) is 25.3. The molecule has 0 aliphatic heterocycles. The third-order valence-electron chi connectivity index (χ3n) is 5.54. The molecule has 0 spiro atoms. The quantitative estimate of drug-likeness (QED) is 0.194. The highest BCUT2D eigenvalue weighted by Gasteiger charge is 2.17. The Hall–Kier alpha value is -4.89. The van der Waals surface area contributed by atoms with Crippen LogP contribution in [0.15, 0.2) is 103 Å². The molecule has 1 aromatic heterocycles. The fourth-order valence-corrected chi connectivity index (χ4v) is 3.74. The third-order valence-corrected chi connectivity index (χ3v) is 5.54. The van der Waals surface area contributed by atoms with E-state index in [2.05, 4.69) is 11.9 Å². The molecule has 0 saturated heterocycles. The molecule has 0 bridgehead atoms. The first-order chi connectivity index (χ1) is 17.6. The molecule has 1 amide bonds. The Morgan fingerprint density at radius 3 is 2.50 bits per heavy atom. The van der Waals surface area contributed by atoms with Crippen molar-refractivity contribution in [3.05, 3.63) is 120 Å². The Morgan fingerprint density at radius 1 is 1.11 bits per heavy atom. The van der Waals surface area contributed by atoms with Crippen molar-refractivity contribution >= 4 is 12.0 Å². The minimum Gasteiger partial charge on any atom is -0.490 e. The van der Waals surface area contributed by atoms with E-state index in [-0.39, 0.29) is 5.57 Å². The van der Waals surface area contributed by atoms with Crippen molar-refractivity contribution in [1.29, 1.82) is 5.26 Å². The number of ether oxygens (including phenoxy) is 1. The number of nitrogens with zero attached hydrogens (tertiary/aromatic N) is 3. The Labute approximate surface area is 210 Å². The fourth-order valence-electron chi connectivity index (χ4n) is 3.74. The summed E-state index contributed by atoms with van der Waals surface area (Å²) in [6.45, 7) is 6.41. The van der Waals surface area contributed by atoms with E-state index in [9.17, 15) is 10.1 Å². The summed E-state index contributed by atoms with van der Waals surface area (Å²) in [6, 6.07) is 27.0. The molecule has 1 N–H and O–H groups in total. The molecule has 178 valence electrons. The van der Waals surface area contributed by atoms with E-state index < -0.39 is 5.91 Å². The average molecular weight is 475 g/mol. The molecule has 6 nitrogen and oxygen atoms in total.